The van der Waals surface area contributed by atoms with Gasteiger partial charge in [-0.25, -0.2) is 9.98 Å². The van der Waals surface area contributed by atoms with E-state index in [1.54, 1.807) is 0 Å². The Morgan fingerprint density at radius 2 is 1.28 bits per heavy atom. The summed E-state index contributed by atoms with van der Waals surface area (Å²) >= 11 is 0. The van der Waals surface area contributed by atoms with E-state index in [2.05, 4.69) is 5.32 Å². The van der Waals surface area contributed by atoms with Crippen molar-refractivity contribution >= 4 is 25.0 Å². The van der Waals surface area contributed by atoms with Gasteiger partial charge in [0.15, 0.2) is 6.17 Å². The van der Waals surface area contributed by atoms with Crippen LogP contribution >= 0.6 is 0 Å². The second-order valence-electron chi connectivity index (χ2n) is 5.82. The van der Waals surface area contributed by atoms with Gasteiger partial charge < -0.3 is 5.32 Å². The van der Waals surface area contributed by atoms with Gasteiger partial charge in [-0.15, -0.1) is 0 Å². The van der Waals surface area contributed by atoms with Gasteiger partial charge in [0.05, 0.1) is 0 Å². The molecule has 3 nitrogen and oxygen atoms in total. The first-order chi connectivity index (χ1) is 12.3. The number of rotatable bonds is 3. The monoisotopic (exact) mass is 321 g/mol. The first kappa shape index (κ1) is 15.4. The van der Waals surface area contributed by atoms with Gasteiger partial charge >= 0.3 is 0 Å². The van der Waals surface area contributed by atoms with Gasteiger partial charge in [-0.05, 0) is 5.56 Å². The zero-order chi connectivity index (χ0) is 17.1. The van der Waals surface area contributed by atoms with Crippen LogP contribution in [0.25, 0.3) is 0 Å². The number of nitrogens with zero attached hydrogens (tertiary/aromatic N) is 2. The Balaban J connectivity index is 1.80. The second-order valence-corrected chi connectivity index (χ2v) is 5.82. The summed E-state index contributed by atoms with van der Waals surface area (Å²) in [6.07, 6.45) is -0.299. The highest BCUT2D eigenvalue weighted by Gasteiger charge is 2.20. The standard InChI is InChI=1S/C21H16BN3/c22-18-14-8-7-13-17(18)21-24-19(15-9-3-1-4-10-15)23-20(25-21)16-11-5-2-6-12-16/h1-14,19H,(H,23,24,25). The van der Waals surface area contributed by atoms with Gasteiger partial charge in [-0.2, -0.15) is 0 Å². The maximum atomic E-state index is 6.16. The van der Waals surface area contributed by atoms with Crippen LogP contribution in [-0.2, 0) is 0 Å². The number of nitrogens with one attached hydrogen (secondary N) is 1. The fourth-order valence-corrected chi connectivity index (χ4v) is 2.82. The van der Waals surface area contributed by atoms with Gasteiger partial charge in [-0.1, -0.05) is 90.4 Å². The Labute approximate surface area is 148 Å². The highest BCUT2D eigenvalue weighted by molar-refractivity contribution is 6.37. The van der Waals surface area contributed by atoms with Gasteiger partial charge in [-0.3, -0.25) is 0 Å². The number of hydrogen-bond acceptors (Lipinski definition) is 3. The summed E-state index contributed by atoms with van der Waals surface area (Å²) in [6, 6.07) is 27.9. The normalized spacial score (nSPS) is 16.6. The lowest BCUT2D eigenvalue weighted by atomic mass is 9.90. The van der Waals surface area contributed by atoms with Gasteiger partial charge in [0.25, 0.3) is 0 Å². The van der Waals surface area contributed by atoms with Crippen molar-refractivity contribution in [2.75, 3.05) is 0 Å². The Kier molecular flexibility index (Phi) is 4.17. The maximum Gasteiger partial charge on any atom is 0.169 e. The van der Waals surface area contributed by atoms with Crippen LogP contribution in [0.15, 0.2) is 94.9 Å². The molecule has 0 aromatic heterocycles. The van der Waals surface area contributed by atoms with E-state index in [4.69, 9.17) is 17.8 Å². The first-order valence-corrected chi connectivity index (χ1v) is 8.19. The predicted molar refractivity (Wildman–Crippen MR) is 104 cm³/mol. The summed E-state index contributed by atoms with van der Waals surface area (Å²) in [5.41, 5.74) is 3.64. The number of benzene rings is 3. The quantitative estimate of drug-likeness (QED) is 0.740. The van der Waals surface area contributed by atoms with Crippen LogP contribution in [0.5, 0.6) is 0 Å². The zero-order valence-electron chi connectivity index (χ0n) is 13.6. The van der Waals surface area contributed by atoms with Crippen molar-refractivity contribution in [1.82, 2.24) is 5.32 Å². The van der Waals surface area contributed by atoms with E-state index in [1.807, 2.05) is 84.9 Å². The molecule has 0 amide bonds. The van der Waals surface area contributed by atoms with Crippen LogP contribution in [0, 0.1) is 0 Å². The molecular formula is C21H16BN3. The van der Waals surface area contributed by atoms with Crippen LogP contribution < -0.4 is 10.8 Å². The summed E-state index contributed by atoms with van der Waals surface area (Å²) in [5, 5.41) is 3.35. The molecule has 1 atom stereocenters. The van der Waals surface area contributed by atoms with Crippen molar-refractivity contribution in [3.8, 4) is 0 Å². The first-order valence-electron chi connectivity index (χ1n) is 8.19. The summed E-state index contributed by atoms with van der Waals surface area (Å²) in [7, 11) is 6.16. The second kappa shape index (κ2) is 6.77. The van der Waals surface area contributed by atoms with E-state index < -0.39 is 0 Å². The summed E-state index contributed by atoms with van der Waals surface area (Å²) in [6.45, 7) is 0. The summed E-state index contributed by atoms with van der Waals surface area (Å²) in [5.74, 6) is 1.53. The van der Waals surface area contributed by atoms with Gasteiger partial charge in [0.2, 0.25) is 0 Å². The Hall–Kier alpha value is -3.14. The Morgan fingerprint density at radius 3 is 2.00 bits per heavy atom. The van der Waals surface area contributed by atoms with Gasteiger partial charge in [0, 0.05) is 11.1 Å². The number of hydrogen-bond donors (Lipinski definition) is 1. The molecule has 118 valence electrons. The highest BCUT2D eigenvalue weighted by Crippen LogP contribution is 2.23. The van der Waals surface area contributed by atoms with E-state index in [9.17, 15) is 0 Å². The zero-order valence-corrected chi connectivity index (χ0v) is 13.6. The topological polar surface area (TPSA) is 36.8 Å². The highest BCUT2D eigenvalue weighted by atomic mass is 15.2. The molecule has 1 heterocycles. The SMILES string of the molecule is [B]c1ccccc1C1=NC(c2ccccc2)N=C(c2ccccc2)N1. The maximum absolute atomic E-state index is 6.16. The summed E-state index contributed by atoms with van der Waals surface area (Å²) in [4.78, 5) is 9.60. The van der Waals surface area contributed by atoms with E-state index in [-0.39, 0.29) is 6.17 Å². The fourth-order valence-electron chi connectivity index (χ4n) is 2.82. The molecular weight excluding hydrogens is 305 g/mol. The van der Waals surface area contributed by atoms with E-state index in [1.165, 1.54) is 0 Å². The predicted octanol–water partition coefficient (Wildman–Crippen LogP) is 2.98. The minimum Gasteiger partial charge on any atom is -0.324 e. The minimum atomic E-state index is -0.299. The summed E-state index contributed by atoms with van der Waals surface area (Å²) < 4.78 is 0. The minimum absolute atomic E-state index is 0.299. The van der Waals surface area contributed by atoms with Crippen LogP contribution in [0.4, 0.5) is 0 Å². The largest absolute Gasteiger partial charge is 0.324 e. The molecule has 1 aliphatic rings. The average molecular weight is 321 g/mol. The molecule has 1 aliphatic heterocycles. The third kappa shape index (κ3) is 3.24. The third-order valence-electron chi connectivity index (χ3n) is 4.10. The lowest BCUT2D eigenvalue weighted by Crippen LogP contribution is -2.38. The Morgan fingerprint density at radius 1 is 0.680 bits per heavy atom. The van der Waals surface area contributed by atoms with Gasteiger partial charge in [0.1, 0.15) is 19.5 Å². The van der Waals surface area contributed by atoms with Crippen LogP contribution in [-0.4, -0.2) is 19.5 Å². The molecule has 1 N–H and O–H groups in total. The molecule has 25 heavy (non-hydrogen) atoms. The van der Waals surface area contributed by atoms with Crippen molar-refractivity contribution in [1.29, 1.82) is 0 Å². The molecule has 0 saturated heterocycles. The van der Waals surface area contributed by atoms with E-state index >= 15 is 0 Å². The Bertz CT molecular complexity index is 934. The molecule has 4 heteroatoms. The number of aliphatic imine (C=N–C) groups is 2. The molecule has 3 aromatic carbocycles. The molecule has 0 fully saturated rings. The molecule has 0 aliphatic carbocycles. The van der Waals surface area contributed by atoms with Crippen LogP contribution in [0.2, 0.25) is 0 Å². The van der Waals surface area contributed by atoms with Crippen LogP contribution in [0.3, 0.4) is 0 Å². The third-order valence-corrected chi connectivity index (χ3v) is 4.10. The van der Waals surface area contributed by atoms with Crippen molar-refractivity contribution in [2.24, 2.45) is 9.98 Å². The van der Waals surface area contributed by atoms with Crippen molar-refractivity contribution < 1.29 is 0 Å². The molecule has 0 spiro atoms. The fraction of sp³-hybridized carbons (Fsp3) is 0.0476. The molecule has 1 unspecified atom stereocenters. The lowest BCUT2D eigenvalue weighted by molar-refractivity contribution is 0.756. The van der Waals surface area contributed by atoms with E-state index in [0.29, 0.717) is 5.46 Å². The molecule has 4 rings (SSSR count). The van der Waals surface area contributed by atoms with Crippen molar-refractivity contribution in [3.63, 3.8) is 0 Å². The van der Waals surface area contributed by atoms with Crippen molar-refractivity contribution in [2.45, 2.75) is 6.17 Å². The smallest absolute Gasteiger partial charge is 0.169 e. The lowest BCUT2D eigenvalue weighted by Gasteiger charge is -2.23. The van der Waals surface area contributed by atoms with Crippen LogP contribution in [0.1, 0.15) is 22.9 Å². The van der Waals surface area contributed by atoms with Crippen molar-refractivity contribution in [3.05, 3.63) is 102 Å². The molecule has 3 aromatic rings. The van der Waals surface area contributed by atoms with E-state index in [0.717, 1.165) is 28.4 Å². The number of amidine groups is 2. The molecule has 0 bridgehead atoms. The molecule has 2 radical (unpaired) electrons. The average Bonchev–Trinajstić information content (AvgIpc) is 2.69. The molecule has 0 saturated carbocycles.